The van der Waals surface area contributed by atoms with E-state index in [9.17, 15) is 9.59 Å². The van der Waals surface area contributed by atoms with Crippen molar-refractivity contribution in [2.75, 3.05) is 7.11 Å². The van der Waals surface area contributed by atoms with Crippen molar-refractivity contribution in [2.45, 2.75) is 44.4 Å². The van der Waals surface area contributed by atoms with E-state index in [1.807, 2.05) is 18.2 Å². The number of ether oxygens (including phenoxy) is 1. The Morgan fingerprint density at radius 2 is 1.73 bits per heavy atom. The molecule has 1 fully saturated rings. The third-order valence-corrected chi connectivity index (χ3v) is 6.55. The Kier molecular flexibility index (Phi) is 5.82. The second-order valence-electron chi connectivity index (χ2n) is 8.73. The number of carbonyl (C=O) groups is 1. The Balaban J connectivity index is 1.59. The zero-order chi connectivity index (χ0) is 22.8. The average Bonchev–Trinajstić information content (AvgIpc) is 3.30. The predicted molar refractivity (Wildman–Crippen MR) is 128 cm³/mol. The first-order valence-electron chi connectivity index (χ1n) is 11.5. The summed E-state index contributed by atoms with van der Waals surface area (Å²) in [6.07, 6.45) is 6.23. The number of benzene rings is 2. The Morgan fingerprint density at radius 3 is 2.42 bits per heavy atom. The molecule has 6 nitrogen and oxygen atoms in total. The number of aromatic amines is 1. The third-order valence-electron chi connectivity index (χ3n) is 6.55. The summed E-state index contributed by atoms with van der Waals surface area (Å²) in [5.41, 5.74) is 5.34. The third kappa shape index (κ3) is 4.21. The minimum atomic E-state index is -0.522. The largest absolute Gasteiger partial charge is 0.464 e. The second-order valence-corrected chi connectivity index (χ2v) is 8.73. The van der Waals surface area contributed by atoms with Crippen molar-refractivity contribution in [3.63, 3.8) is 0 Å². The fourth-order valence-corrected chi connectivity index (χ4v) is 4.84. The SMILES string of the molecule is COC(=O)c1cc2nc(-c3ccc(Cc4ccccc4)cc3)c(C3CCCCC3)c(=O)n2[nH]1. The van der Waals surface area contributed by atoms with Gasteiger partial charge in [0, 0.05) is 17.2 Å². The number of hydrogen-bond acceptors (Lipinski definition) is 4. The normalized spacial score (nSPS) is 14.5. The first-order chi connectivity index (χ1) is 16.1. The molecule has 0 bridgehead atoms. The van der Waals surface area contributed by atoms with Crippen molar-refractivity contribution in [2.24, 2.45) is 0 Å². The van der Waals surface area contributed by atoms with E-state index in [1.165, 1.54) is 29.2 Å². The monoisotopic (exact) mass is 441 g/mol. The van der Waals surface area contributed by atoms with Crippen LogP contribution in [0.4, 0.5) is 0 Å². The average molecular weight is 442 g/mol. The fourth-order valence-electron chi connectivity index (χ4n) is 4.84. The molecule has 0 aliphatic heterocycles. The zero-order valence-electron chi connectivity index (χ0n) is 18.7. The molecule has 0 amide bonds. The number of fused-ring (bicyclic) bond motifs is 1. The molecule has 6 heteroatoms. The molecule has 1 saturated carbocycles. The molecule has 2 aromatic heterocycles. The van der Waals surface area contributed by atoms with E-state index < -0.39 is 5.97 Å². The maximum Gasteiger partial charge on any atom is 0.356 e. The summed E-state index contributed by atoms with van der Waals surface area (Å²) < 4.78 is 6.19. The highest BCUT2D eigenvalue weighted by Gasteiger charge is 2.26. The number of aromatic nitrogens is 3. The maximum atomic E-state index is 13.6. The minimum absolute atomic E-state index is 0.134. The fraction of sp³-hybridized carbons (Fsp3) is 0.296. The van der Waals surface area contributed by atoms with Crippen LogP contribution in [0.3, 0.4) is 0 Å². The highest BCUT2D eigenvalue weighted by molar-refractivity contribution is 5.88. The Bertz CT molecular complexity index is 1330. The molecule has 1 N–H and O–H groups in total. The molecule has 168 valence electrons. The van der Waals surface area contributed by atoms with Crippen molar-refractivity contribution in [3.8, 4) is 11.3 Å². The van der Waals surface area contributed by atoms with Gasteiger partial charge in [0.25, 0.3) is 5.56 Å². The molecule has 0 spiro atoms. The molecule has 0 saturated heterocycles. The van der Waals surface area contributed by atoms with Gasteiger partial charge in [-0.05, 0) is 36.3 Å². The van der Waals surface area contributed by atoms with Crippen LogP contribution in [0.5, 0.6) is 0 Å². The molecule has 0 unspecified atom stereocenters. The first kappa shape index (κ1) is 21.2. The lowest BCUT2D eigenvalue weighted by atomic mass is 9.83. The summed E-state index contributed by atoms with van der Waals surface area (Å²) in [7, 11) is 1.32. The number of rotatable bonds is 5. The van der Waals surface area contributed by atoms with Gasteiger partial charge in [0.1, 0.15) is 5.69 Å². The van der Waals surface area contributed by atoms with E-state index in [0.717, 1.165) is 43.2 Å². The maximum absolute atomic E-state index is 13.6. The van der Waals surface area contributed by atoms with Crippen molar-refractivity contribution in [3.05, 3.63) is 93.4 Å². The Morgan fingerprint density at radius 1 is 1.03 bits per heavy atom. The highest BCUT2D eigenvalue weighted by atomic mass is 16.5. The van der Waals surface area contributed by atoms with Crippen LogP contribution < -0.4 is 5.56 Å². The smallest absolute Gasteiger partial charge is 0.356 e. The number of H-pyrrole nitrogens is 1. The van der Waals surface area contributed by atoms with E-state index >= 15 is 0 Å². The van der Waals surface area contributed by atoms with Gasteiger partial charge in [-0.15, -0.1) is 0 Å². The summed E-state index contributed by atoms with van der Waals surface area (Å²) in [6, 6.07) is 20.2. The first-order valence-corrected chi connectivity index (χ1v) is 11.5. The topological polar surface area (TPSA) is 76.5 Å². The van der Waals surface area contributed by atoms with Crippen LogP contribution in [0.2, 0.25) is 0 Å². The lowest BCUT2D eigenvalue weighted by Crippen LogP contribution is -2.25. The summed E-state index contributed by atoms with van der Waals surface area (Å²) in [5, 5.41) is 2.88. The molecule has 33 heavy (non-hydrogen) atoms. The van der Waals surface area contributed by atoms with Crippen molar-refractivity contribution in [1.29, 1.82) is 0 Å². The minimum Gasteiger partial charge on any atom is -0.464 e. The molecule has 5 rings (SSSR count). The zero-order valence-corrected chi connectivity index (χ0v) is 18.7. The molecular weight excluding hydrogens is 414 g/mol. The van der Waals surface area contributed by atoms with E-state index in [1.54, 1.807) is 6.07 Å². The van der Waals surface area contributed by atoms with Gasteiger partial charge in [-0.2, -0.15) is 0 Å². The van der Waals surface area contributed by atoms with Crippen molar-refractivity contribution < 1.29 is 9.53 Å². The molecule has 0 atom stereocenters. The van der Waals surface area contributed by atoms with Gasteiger partial charge in [0.05, 0.1) is 12.8 Å². The summed E-state index contributed by atoms with van der Waals surface area (Å²) in [6.45, 7) is 0. The number of carbonyl (C=O) groups excluding carboxylic acids is 1. The predicted octanol–water partition coefficient (Wildman–Crippen LogP) is 5.11. The van der Waals surface area contributed by atoms with Gasteiger partial charge in [-0.25, -0.2) is 14.3 Å². The van der Waals surface area contributed by atoms with Gasteiger partial charge in [-0.1, -0.05) is 73.9 Å². The summed E-state index contributed by atoms with van der Waals surface area (Å²) >= 11 is 0. The highest BCUT2D eigenvalue weighted by Crippen LogP contribution is 2.36. The van der Waals surface area contributed by atoms with Gasteiger partial charge >= 0.3 is 5.97 Å². The van der Waals surface area contributed by atoms with Crippen molar-refractivity contribution >= 4 is 11.6 Å². The molecule has 1 aliphatic rings. The number of esters is 1. The lowest BCUT2D eigenvalue weighted by Gasteiger charge is -2.23. The summed E-state index contributed by atoms with van der Waals surface area (Å²) in [4.78, 5) is 30.5. The molecule has 1 aliphatic carbocycles. The van der Waals surface area contributed by atoms with E-state index in [-0.39, 0.29) is 17.2 Å². The number of methoxy groups -OCH3 is 1. The number of hydrogen-bond donors (Lipinski definition) is 1. The second kappa shape index (κ2) is 9.06. The summed E-state index contributed by atoms with van der Waals surface area (Å²) in [5.74, 6) is -0.356. The van der Waals surface area contributed by atoms with Crippen LogP contribution in [0.15, 0.2) is 65.5 Å². The van der Waals surface area contributed by atoms with Gasteiger partial charge < -0.3 is 4.74 Å². The Hall–Kier alpha value is -3.67. The van der Waals surface area contributed by atoms with Crippen LogP contribution in [0, 0.1) is 0 Å². The molecule has 0 radical (unpaired) electrons. The van der Waals surface area contributed by atoms with Crippen LogP contribution in [-0.4, -0.2) is 27.7 Å². The van der Waals surface area contributed by atoms with Gasteiger partial charge in [0.15, 0.2) is 5.65 Å². The quantitative estimate of drug-likeness (QED) is 0.437. The van der Waals surface area contributed by atoms with Crippen molar-refractivity contribution in [1.82, 2.24) is 14.6 Å². The van der Waals surface area contributed by atoms with E-state index in [0.29, 0.717) is 11.3 Å². The lowest BCUT2D eigenvalue weighted by molar-refractivity contribution is 0.0593. The molecule has 2 aromatic carbocycles. The van der Waals surface area contributed by atoms with E-state index in [2.05, 4.69) is 41.5 Å². The van der Waals surface area contributed by atoms with Crippen LogP contribution in [-0.2, 0) is 11.2 Å². The number of nitrogens with one attached hydrogen (secondary N) is 1. The van der Waals surface area contributed by atoms with Gasteiger partial charge in [0.2, 0.25) is 0 Å². The van der Waals surface area contributed by atoms with Crippen LogP contribution >= 0.6 is 0 Å². The van der Waals surface area contributed by atoms with Crippen LogP contribution in [0.25, 0.3) is 16.9 Å². The van der Waals surface area contributed by atoms with E-state index in [4.69, 9.17) is 9.72 Å². The number of nitrogens with zero attached hydrogens (tertiary/aromatic N) is 2. The standard InChI is InChI=1S/C27H27N3O3/c1-33-27(32)22-17-23-28-25(24(26(31)30(23)29-22)20-10-6-3-7-11-20)21-14-12-19(13-15-21)16-18-8-4-2-5-9-18/h2,4-5,8-9,12-15,17,20,29H,3,6-7,10-11,16H2,1H3. The Labute approximate surface area is 192 Å². The van der Waals surface area contributed by atoms with Gasteiger partial charge in [-0.3, -0.25) is 9.89 Å². The molecule has 4 aromatic rings. The molecular formula is C27H27N3O3. The van der Waals surface area contributed by atoms with Crippen LogP contribution in [0.1, 0.15) is 65.2 Å². The molecule has 2 heterocycles.